The fourth-order valence-corrected chi connectivity index (χ4v) is 3.11. The van der Waals surface area contributed by atoms with Crippen molar-refractivity contribution in [1.29, 1.82) is 0 Å². The van der Waals surface area contributed by atoms with Gasteiger partial charge in [0.25, 0.3) is 0 Å². The van der Waals surface area contributed by atoms with E-state index in [1.54, 1.807) is 6.20 Å². The summed E-state index contributed by atoms with van der Waals surface area (Å²) in [6, 6.07) is 9.53. The van der Waals surface area contributed by atoms with Crippen LogP contribution in [0.2, 0.25) is 0 Å². The number of nitrogens with zero attached hydrogens (tertiary/aromatic N) is 4. The minimum atomic E-state index is -0.436. The topological polar surface area (TPSA) is 102 Å². The van der Waals surface area contributed by atoms with Crippen molar-refractivity contribution in [3.63, 3.8) is 0 Å². The highest BCUT2D eigenvalue weighted by atomic mass is 16.1. The summed E-state index contributed by atoms with van der Waals surface area (Å²) >= 11 is 0. The molecule has 3 heterocycles. The van der Waals surface area contributed by atoms with Crippen LogP contribution in [0.15, 0.2) is 41.3 Å². The number of nitrogens with one attached hydrogen (secondary N) is 1. The van der Waals surface area contributed by atoms with E-state index in [4.69, 9.17) is 10.7 Å². The van der Waals surface area contributed by atoms with Crippen LogP contribution in [0, 0.1) is 0 Å². The molecular weight excluding hydrogens is 304 g/mol. The molecule has 3 aromatic heterocycles. The van der Waals surface area contributed by atoms with E-state index in [1.165, 1.54) is 4.57 Å². The Balaban J connectivity index is 1.91. The SMILES string of the molecule is Nc1nc(=O)n(-c2cccc3[nH]ncc23)c2nc(C3CC3)ccc12. The first-order chi connectivity index (χ1) is 11.7. The average Bonchev–Trinajstić information content (AvgIpc) is 3.32. The molecule has 0 aliphatic heterocycles. The van der Waals surface area contributed by atoms with E-state index in [0.717, 1.165) is 29.4 Å². The van der Waals surface area contributed by atoms with Crippen molar-refractivity contribution in [1.82, 2.24) is 24.7 Å². The third kappa shape index (κ3) is 1.84. The number of aromatic amines is 1. The van der Waals surface area contributed by atoms with Crippen LogP contribution in [0.4, 0.5) is 5.82 Å². The fraction of sp³-hybridized carbons (Fsp3) is 0.176. The van der Waals surface area contributed by atoms with E-state index in [2.05, 4.69) is 15.2 Å². The van der Waals surface area contributed by atoms with Gasteiger partial charge >= 0.3 is 5.69 Å². The molecule has 4 aromatic rings. The molecule has 3 N–H and O–H groups in total. The lowest BCUT2D eigenvalue weighted by Gasteiger charge is -2.12. The zero-order valence-electron chi connectivity index (χ0n) is 12.7. The first kappa shape index (κ1) is 13.2. The Morgan fingerprint density at radius 2 is 2.00 bits per heavy atom. The number of benzene rings is 1. The van der Waals surface area contributed by atoms with E-state index in [-0.39, 0.29) is 5.82 Å². The number of H-pyrrole nitrogens is 1. The molecule has 118 valence electrons. The third-order valence-electron chi connectivity index (χ3n) is 4.49. The molecule has 0 radical (unpaired) electrons. The predicted molar refractivity (Wildman–Crippen MR) is 91.2 cm³/mol. The summed E-state index contributed by atoms with van der Waals surface area (Å²) < 4.78 is 1.52. The van der Waals surface area contributed by atoms with E-state index in [1.807, 2.05) is 30.3 Å². The number of nitrogen functional groups attached to an aromatic ring is 1. The normalized spacial score (nSPS) is 14.5. The van der Waals surface area contributed by atoms with Crippen LogP contribution in [0.5, 0.6) is 0 Å². The number of nitrogens with two attached hydrogens (primary N) is 1. The second kappa shape index (κ2) is 4.64. The zero-order valence-corrected chi connectivity index (χ0v) is 12.7. The summed E-state index contributed by atoms with van der Waals surface area (Å²) in [5.74, 6) is 0.692. The monoisotopic (exact) mass is 318 g/mol. The lowest BCUT2D eigenvalue weighted by molar-refractivity contribution is 0.932. The van der Waals surface area contributed by atoms with Crippen LogP contribution >= 0.6 is 0 Å². The van der Waals surface area contributed by atoms with Gasteiger partial charge in [-0.3, -0.25) is 5.10 Å². The summed E-state index contributed by atoms with van der Waals surface area (Å²) in [6.07, 6.45) is 3.98. The minimum absolute atomic E-state index is 0.209. The molecule has 0 unspecified atom stereocenters. The van der Waals surface area contributed by atoms with Gasteiger partial charge in [-0.05, 0) is 37.1 Å². The first-order valence-corrected chi connectivity index (χ1v) is 7.84. The van der Waals surface area contributed by atoms with Crippen molar-refractivity contribution in [3.8, 4) is 5.69 Å². The summed E-state index contributed by atoms with van der Waals surface area (Å²) in [7, 11) is 0. The Morgan fingerprint density at radius 1 is 1.12 bits per heavy atom. The summed E-state index contributed by atoms with van der Waals surface area (Å²) in [6.45, 7) is 0. The highest BCUT2D eigenvalue weighted by molar-refractivity contribution is 5.91. The van der Waals surface area contributed by atoms with Crippen LogP contribution in [0.3, 0.4) is 0 Å². The predicted octanol–water partition coefficient (Wildman–Crippen LogP) is 2.12. The Hall–Kier alpha value is -3.22. The molecule has 24 heavy (non-hydrogen) atoms. The maximum atomic E-state index is 12.6. The standard InChI is InChI=1S/C17H14N6O/c18-15-10-6-7-12(9-4-5-9)20-16(10)23(17(24)21-15)14-3-1-2-13-11(14)8-19-22-13/h1-3,6-9H,4-5H2,(H,19,22)(H2,18,21,24). The summed E-state index contributed by atoms with van der Waals surface area (Å²) in [5, 5.41) is 8.50. The lowest BCUT2D eigenvalue weighted by atomic mass is 10.2. The van der Waals surface area contributed by atoms with Crippen molar-refractivity contribution in [2.45, 2.75) is 18.8 Å². The number of anilines is 1. The van der Waals surface area contributed by atoms with E-state index >= 15 is 0 Å². The zero-order chi connectivity index (χ0) is 16.3. The van der Waals surface area contributed by atoms with Gasteiger partial charge in [-0.1, -0.05) is 6.07 Å². The summed E-state index contributed by atoms with van der Waals surface area (Å²) in [5.41, 5.74) is 8.62. The molecule has 7 nitrogen and oxygen atoms in total. The highest BCUT2D eigenvalue weighted by Crippen LogP contribution is 2.39. The van der Waals surface area contributed by atoms with Gasteiger partial charge in [0.15, 0.2) is 5.65 Å². The maximum absolute atomic E-state index is 12.6. The van der Waals surface area contributed by atoms with Crippen LogP contribution in [-0.2, 0) is 0 Å². The smallest absolute Gasteiger partial charge is 0.355 e. The van der Waals surface area contributed by atoms with Gasteiger partial charge in [-0.2, -0.15) is 10.1 Å². The molecule has 5 rings (SSSR count). The van der Waals surface area contributed by atoms with Crippen molar-refractivity contribution in [2.75, 3.05) is 5.73 Å². The molecular formula is C17H14N6O. The van der Waals surface area contributed by atoms with Crippen LogP contribution in [0.25, 0.3) is 27.6 Å². The van der Waals surface area contributed by atoms with Gasteiger partial charge < -0.3 is 5.73 Å². The maximum Gasteiger partial charge on any atom is 0.355 e. The molecule has 0 atom stereocenters. The van der Waals surface area contributed by atoms with Crippen molar-refractivity contribution in [2.24, 2.45) is 0 Å². The molecule has 7 heteroatoms. The molecule has 1 fully saturated rings. The quantitative estimate of drug-likeness (QED) is 0.589. The van der Waals surface area contributed by atoms with Crippen molar-refractivity contribution in [3.05, 3.63) is 52.7 Å². The largest absolute Gasteiger partial charge is 0.383 e. The molecule has 0 bridgehead atoms. The second-order valence-corrected chi connectivity index (χ2v) is 6.10. The Kier molecular flexibility index (Phi) is 2.56. The van der Waals surface area contributed by atoms with Crippen LogP contribution < -0.4 is 11.4 Å². The average molecular weight is 318 g/mol. The van der Waals surface area contributed by atoms with E-state index in [9.17, 15) is 4.79 Å². The highest BCUT2D eigenvalue weighted by Gasteiger charge is 2.26. The molecule has 0 saturated heterocycles. The summed E-state index contributed by atoms with van der Waals surface area (Å²) in [4.78, 5) is 21.3. The van der Waals surface area contributed by atoms with Crippen molar-refractivity contribution < 1.29 is 0 Å². The molecule has 1 saturated carbocycles. The molecule has 0 amide bonds. The number of aromatic nitrogens is 5. The number of pyridine rings is 1. The van der Waals surface area contributed by atoms with Gasteiger partial charge in [-0.25, -0.2) is 14.3 Å². The van der Waals surface area contributed by atoms with Crippen LogP contribution in [-0.4, -0.2) is 24.7 Å². The van der Waals surface area contributed by atoms with Crippen LogP contribution in [0.1, 0.15) is 24.5 Å². The number of fused-ring (bicyclic) bond motifs is 2. The molecule has 1 aliphatic carbocycles. The van der Waals surface area contributed by atoms with Gasteiger partial charge in [0.2, 0.25) is 0 Å². The van der Waals surface area contributed by atoms with E-state index in [0.29, 0.717) is 22.6 Å². The Bertz CT molecular complexity index is 1150. The van der Waals surface area contributed by atoms with Gasteiger partial charge in [0.1, 0.15) is 5.82 Å². The molecule has 1 aliphatic rings. The Labute approximate surface area is 136 Å². The van der Waals surface area contributed by atoms with Gasteiger partial charge in [0, 0.05) is 17.0 Å². The van der Waals surface area contributed by atoms with Gasteiger partial charge in [0.05, 0.1) is 22.8 Å². The Morgan fingerprint density at radius 3 is 2.83 bits per heavy atom. The number of hydrogen-bond donors (Lipinski definition) is 2. The minimum Gasteiger partial charge on any atom is -0.383 e. The van der Waals surface area contributed by atoms with E-state index < -0.39 is 5.69 Å². The first-order valence-electron chi connectivity index (χ1n) is 7.84. The molecule has 1 aromatic carbocycles. The third-order valence-corrected chi connectivity index (χ3v) is 4.49. The second-order valence-electron chi connectivity index (χ2n) is 6.10. The lowest BCUT2D eigenvalue weighted by Crippen LogP contribution is -2.24. The molecule has 0 spiro atoms. The number of hydrogen-bond acceptors (Lipinski definition) is 5. The number of rotatable bonds is 2. The van der Waals surface area contributed by atoms with Crippen molar-refractivity contribution >= 4 is 27.8 Å². The van der Waals surface area contributed by atoms with Gasteiger partial charge in [-0.15, -0.1) is 0 Å². The fourth-order valence-electron chi connectivity index (χ4n) is 3.11.